The van der Waals surface area contributed by atoms with Crippen molar-refractivity contribution in [3.8, 4) is 0 Å². The molecule has 1 fully saturated rings. The normalized spacial score (nSPS) is 16.3. The molecule has 0 aliphatic carbocycles. The van der Waals surface area contributed by atoms with E-state index in [2.05, 4.69) is 102 Å². The third kappa shape index (κ3) is 5.95. The molecule has 1 N–H and O–H groups in total. The van der Waals surface area contributed by atoms with Gasteiger partial charge in [0.25, 0.3) is 0 Å². The highest BCUT2D eigenvalue weighted by Gasteiger charge is 2.26. The third-order valence-corrected chi connectivity index (χ3v) is 7.93. The Bertz CT molecular complexity index is 1300. The average molecular weight is 481 g/mol. The first-order valence-corrected chi connectivity index (χ1v) is 13.4. The second kappa shape index (κ2) is 11.1. The van der Waals surface area contributed by atoms with Gasteiger partial charge in [-0.1, -0.05) is 72.8 Å². The van der Waals surface area contributed by atoms with E-state index >= 15 is 0 Å². The van der Waals surface area contributed by atoms with Crippen LogP contribution in [0.2, 0.25) is 0 Å². The molecule has 1 amide bonds. The van der Waals surface area contributed by atoms with Crippen LogP contribution in [0.4, 0.5) is 5.69 Å². The Morgan fingerprint density at radius 1 is 0.971 bits per heavy atom. The van der Waals surface area contributed by atoms with Crippen molar-refractivity contribution in [2.75, 3.05) is 18.4 Å². The van der Waals surface area contributed by atoms with Crippen molar-refractivity contribution in [1.29, 1.82) is 0 Å². The number of hydrogen-bond donors (Lipinski definition) is 1. The maximum absolute atomic E-state index is 13.2. The number of fused-ring (bicyclic) bond motifs is 1. The Hall–Kier alpha value is -3.08. The van der Waals surface area contributed by atoms with E-state index in [0.717, 1.165) is 49.5 Å². The van der Waals surface area contributed by atoms with Crippen molar-refractivity contribution < 1.29 is 4.79 Å². The summed E-state index contributed by atoms with van der Waals surface area (Å²) in [6.07, 6.45) is 2.00. The number of anilines is 1. The van der Waals surface area contributed by atoms with Crippen molar-refractivity contribution in [3.05, 3.63) is 108 Å². The van der Waals surface area contributed by atoms with Crippen LogP contribution in [-0.2, 0) is 17.1 Å². The molecule has 4 heteroatoms. The lowest BCUT2D eigenvalue weighted by Crippen LogP contribution is -2.40. The molecule has 4 aromatic rings. The summed E-state index contributed by atoms with van der Waals surface area (Å²) in [6.45, 7) is 4.82. The van der Waals surface area contributed by atoms with E-state index in [1.165, 1.54) is 26.8 Å². The summed E-state index contributed by atoms with van der Waals surface area (Å²) in [6, 6.07) is 31.9. The quantitative estimate of drug-likeness (QED) is 0.282. The number of thioether (sulfide) groups is 1. The molecule has 35 heavy (non-hydrogen) atoms. The summed E-state index contributed by atoms with van der Waals surface area (Å²) in [5, 5.41) is 5.81. The Morgan fingerprint density at radius 2 is 1.77 bits per heavy atom. The summed E-state index contributed by atoms with van der Waals surface area (Å²) in [7, 11) is 0. The van der Waals surface area contributed by atoms with Crippen LogP contribution < -0.4 is 5.32 Å². The highest BCUT2D eigenvalue weighted by atomic mass is 32.2. The Balaban J connectivity index is 1.19. The molecule has 1 heterocycles. The minimum absolute atomic E-state index is 0.0199. The van der Waals surface area contributed by atoms with Crippen LogP contribution in [-0.4, -0.2) is 23.9 Å². The molecule has 1 unspecified atom stereocenters. The molecule has 0 bridgehead atoms. The topological polar surface area (TPSA) is 32.3 Å². The molecule has 5 rings (SSSR count). The molecule has 4 aromatic carbocycles. The Labute approximate surface area is 212 Å². The molecule has 1 atom stereocenters. The SMILES string of the molecule is Cc1cc(CSc2ccccc2)ccc1NC(=O)C1CCCN(Cc2cccc3ccccc23)C1. The highest BCUT2D eigenvalue weighted by molar-refractivity contribution is 7.98. The number of amides is 1. The maximum atomic E-state index is 13.2. The van der Waals surface area contributed by atoms with Crippen molar-refractivity contribution >= 4 is 34.1 Å². The molecule has 178 valence electrons. The number of carbonyl (C=O) groups is 1. The lowest BCUT2D eigenvalue weighted by atomic mass is 9.95. The summed E-state index contributed by atoms with van der Waals surface area (Å²) in [5.74, 6) is 1.08. The number of piperidine rings is 1. The fourth-order valence-corrected chi connectivity index (χ4v) is 5.82. The Kier molecular flexibility index (Phi) is 7.51. The van der Waals surface area contributed by atoms with Gasteiger partial charge < -0.3 is 5.32 Å². The summed E-state index contributed by atoms with van der Waals surface area (Å²) in [4.78, 5) is 16.9. The fourth-order valence-electron chi connectivity index (χ4n) is 4.96. The molecule has 3 nitrogen and oxygen atoms in total. The van der Waals surface area contributed by atoms with Crippen LogP contribution in [0, 0.1) is 12.8 Å². The third-order valence-electron chi connectivity index (χ3n) is 6.85. The zero-order valence-corrected chi connectivity index (χ0v) is 21.1. The van der Waals surface area contributed by atoms with Gasteiger partial charge in [0.2, 0.25) is 5.91 Å². The molecular weight excluding hydrogens is 448 g/mol. The predicted molar refractivity (Wildman–Crippen MR) is 148 cm³/mol. The maximum Gasteiger partial charge on any atom is 0.228 e. The zero-order valence-electron chi connectivity index (χ0n) is 20.2. The van der Waals surface area contributed by atoms with Gasteiger partial charge in [0, 0.05) is 29.4 Å². The summed E-state index contributed by atoms with van der Waals surface area (Å²) >= 11 is 1.83. The predicted octanol–water partition coefficient (Wildman–Crippen LogP) is 7.29. The number of nitrogens with one attached hydrogen (secondary N) is 1. The molecule has 0 radical (unpaired) electrons. The molecular formula is C31H32N2OS. The van der Waals surface area contributed by atoms with Crippen LogP contribution in [0.15, 0.2) is 95.9 Å². The number of aryl methyl sites for hydroxylation is 1. The lowest BCUT2D eigenvalue weighted by molar-refractivity contribution is -0.121. The molecule has 0 aromatic heterocycles. The zero-order chi connectivity index (χ0) is 24.0. The van der Waals surface area contributed by atoms with Crippen LogP contribution in [0.1, 0.15) is 29.5 Å². The van der Waals surface area contributed by atoms with Crippen molar-refractivity contribution in [2.45, 2.75) is 37.0 Å². The van der Waals surface area contributed by atoms with Crippen LogP contribution >= 0.6 is 11.8 Å². The van der Waals surface area contributed by atoms with E-state index in [4.69, 9.17) is 0 Å². The van der Waals surface area contributed by atoms with Crippen LogP contribution in [0.25, 0.3) is 10.8 Å². The molecule has 0 spiro atoms. The summed E-state index contributed by atoms with van der Waals surface area (Å²) in [5.41, 5.74) is 4.65. The van der Waals surface area contributed by atoms with E-state index in [0.29, 0.717) is 0 Å². The average Bonchev–Trinajstić information content (AvgIpc) is 2.90. The van der Waals surface area contributed by atoms with Crippen molar-refractivity contribution in [1.82, 2.24) is 4.90 Å². The van der Waals surface area contributed by atoms with E-state index in [9.17, 15) is 4.79 Å². The second-order valence-corrected chi connectivity index (χ2v) is 10.5. The van der Waals surface area contributed by atoms with Gasteiger partial charge in [-0.3, -0.25) is 9.69 Å². The smallest absolute Gasteiger partial charge is 0.228 e. The highest BCUT2D eigenvalue weighted by Crippen LogP contribution is 2.27. The van der Waals surface area contributed by atoms with Crippen LogP contribution in [0.3, 0.4) is 0 Å². The first-order chi connectivity index (χ1) is 17.2. The van der Waals surface area contributed by atoms with E-state index in [-0.39, 0.29) is 11.8 Å². The fraction of sp³-hybridized carbons (Fsp3) is 0.258. The van der Waals surface area contributed by atoms with Gasteiger partial charge in [-0.2, -0.15) is 0 Å². The molecule has 1 aliphatic rings. The number of benzene rings is 4. The van der Waals surface area contributed by atoms with E-state index in [1.54, 1.807) is 0 Å². The molecule has 0 saturated carbocycles. The van der Waals surface area contributed by atoms with Gasteiger partial charge in [-0.05, 0) is 72.0 Å². The van der Waals surface area contributed by atoms with Gasteiger partial charge in [-0.25, -0.2) is 0 Å². The number of nitrogens with zero attached hydrogens (tertiary/aromatic N) is 1. The monoisotopic (exact) mass is 480 g/mol. The van der Waals surface area contributed by atoms with Gasteiger partial charge in [0.1, 0.15) is 0 Å². The van der Waals surface area contributed by atoms with Crippen molar-refractivity contribution in [3.63, 3.8) is 0 Å². The molecule has 1 aliphatic heterocycles. The largest absolute Gasteiger partial charge is 0.326 e. The number of carbonyl (C=O) groups excluding carboxylic acids is 1. The second-order valence-electron chi connectivity index (χ2n) is 9.45. The summed E-state index contributed by atoms with van der Waals surface area (Å²) < 4.78 is 0. The van der Waals surface area contributed by atoms with Gasteiger partial charge in [0.15, 0.2) is 0 Å². The standard InChI is InChI=1S/C31H32N2OS/c1-23-19-24(22-35-28-13-3-2-4-14-28)16-17-30(23)32-31(34)27-12-8-18-33(21-27)20-26-11-7-10-25-9-5-6-15-29(25)26/h2-7,9-11,13-17,19,27H,8,12,18,20-22H2,1H3,(H,32,34). The van der Waals surface area contributed by atoms with Gasteiger partial charge in [-0.15, -0.1) is 11.8 Å². The number of rotatable bonds is 7. The Morgan fingerprint density at radius 3 is 2.63 bits per heavy atom. The van der Waals surface area contributed by atoms with Crippen LogP contribution in [0.5, 0.6) is 0 Å². The van der Waals surface area contributed by atoms with Gasteiger partial charge >= 0.3 is 0 Å². The number of likely N-dealkylation sites (tertiary alicyclic amines) is 1. The van der Waals surface area contributed by atoms with Gasteiger partial charge in [0.05, 0.1) is 5.92 Å². The number of hydrogen-bond acceptors (Lipinski definition) is 3. The first-order valence-electron chi connectivity index (χ1n) is 12.4. The van der Waals surface area contributed by atoms with Crippen molar-refractivity contribution in [2.24, 2.45) is 5.92 Å². The lowest BCUT2D eigenvalue weighted by Gasteiger charge is -2.32. The van der Waals surface area contributed by atoms with E-state index < -0.39 is 0 Å². The minimum Gasteiger partial charge on any atom is -0.326 e. The van der Waals surface area contributed by atoms with E-state index in [1.807, 2.05) is 17.8 Å². The minimum atomic E-state index is 0.0199. The first kappa shape index (κ1) is 23.7. The molecule has 1 saturated heterocycles.